The second kappa shape index (κ2) is 10.6. The van der Waals surface area contributed by atoms with Gasteiger partial charge in [0.25, 0.3) is 0 Å². The fourth-order valence-electron chi connectivity index (χ4n) is 3.76. The van der Waals surface area contributed by atoms with Gasteiger partial charge >= 0.3 is 19.4 Å². The van der Waals surface area contributed by atoms with E-state index in [0.717, 1.165) is 0 Å². The van der Waals surface area contributed by atoms with E-state index >= 15 is 0 Å². The molecule has 200 valence electrons. The molecule has 0 aliphatic heterocycles. The monoisotopic (exact) mass is 541 g/mol. The largest absolute Gasteiger partial charge is 0.435 e. The van der Waals surface area contributed by atoms with Gasteiger partial charge in [0.1, 0.15) is 23.9 Å². The molecule has 4 rings (SSSR count). The Labute approximate surface area is 210 Å². The van der Waals surface area contributed by atoms with Crippen molar-refractivity contribution < 1.29 is 40.2 Å². The first-order chi connectivity index (χ1) is 17.9. The van der Waals surface area contributed by atoms with Crippen molar-refractivity contribution in [2.24, 2.45) is 0 Å². The third-order valence-electron chi connectivity index (χ3n) is 5.36. The van der Waals surface area contributed by atoms with Crippen molar-refractivity contribution in [3.63, 3.8) is 0 Å². The van der Waals surface area contributed by atoms with Gasteiger partial charge in [-0.2, -0.15) is 30.7 Å². The lowest BCUT2D eigenvalue weighted by Gasteiger charge is -2.16. The summed E-state index contributed by atoms with van der Waals surface area (Å²) in [5.41, 5.74) is 0.487. The van der Waals surface area contributed by atoms with Gasteiger partial charge in [-0.05, 0) is 42.3 Å². The SMILES string of the molecule is Cc1cc(NCC(F)(F)F)nc2c(-c3ccc(OC(F)F)cc3)c(=O)c(-c3ccc(OC(F)F)cc3)cn12. The first-order valence-electron chi connectivity index (χ1n) is 10.9. The van der Waals surface area contributed by atoms with Crippen LogP contribution in [0.2, 0.25) is 0 Å². The van der Waals surface area contributed by atoms with Crippen LogP contribution in [0.1, 0.15) is 5.69 Å². The number of fused-ring (bicyclic) bond motifs is 1. The van der Waals surface area contributed by atoms with Gasteiger partial charge in [0.15, 0.2) is 11.1 Å². The predicted molar refractivity (Wildman–Crippen MR) is 125 cm³/mol. The highest BCUT2D eigenvalue weighted by molar-refractivity contribution is 5.83. The number of benzene rings is 2. The molecule has 0 bridgehead atoms. The molecular weight excluding hydrogens is 523 g/mol. The Morgan fingerprint density at radius 3 is 1.92 bits per heavy atom. The Hall–Kier alpha value is -4.29. The van der Waals surface area contributed by atoms with E-state index < -0.39 is 31.4 Å². The second-order valence-electron chi connectivity index (χ2n) is 8.00. The highest BCUT2D eigenvalue weighted by atomic mass is 19.4. The lowest BCUT2D eigenvalue weighted by atomic mass is 9.99. The maximum absolute atomic E-state index is 13.7. The number of nitrogens with zero attached hydrogens (tertiary/aromatic N) is 2. The van der Waals surface area contributed by atoms with Gasteiger partial charge in [0.05, 0.1) is 5.56 Å². The van der Waals surface area contributed by atoms with Crippen LogP contribution in [-0.4, -0.2) is 35.3 Å². The number of aromatic nitrogens is 2. The summed E-state index contributed by atoms with van der Waals surface area (Å²) in [6, 6.07) is 11.7. The lowest BCUT2D eigenvalue weighted by Crippen LogP contribution is -2.22. The van der Waals surface area contributed by atoms with Gasteiger partial charge in [-0.1, -0.05) is 24.3 Å². The molecule has 2 aromatic heterocycles. The minimum absolute atomic E-state index is 0.00334. The van der Waals surface area contributed by atoms with Crippen molar-refractivity contribution in [2.45, 2.75) is 26.3 Å². The third kappa shape index (κ3) is 6.15. The number of nitrogens with one attached hydrogen (secondary N) is 1. The molecule has 0 amide bonds. The zero-order valence-corrected chi connectivity index (χ0v) is 19.4. The number of anilines is 1. The van der Waals surface area contributed by atoms with E-state index in [2.05, 4.69) is 19.8 Å². The summed E-state index contributed by atoms with van der Waals surface area (Å²) in [6.07, 6.45) is -3.09. The van der Waals surface area contributed by atoms with Gasteiger partial charge in [-0.25, -0.2) is 4.98 Å². The Morgan fingerprint density at radius 1 is 0.895 bits per heavy atom. The van der Waals surface area contributed by atoms with Crippen molar-refractivity contribution in [1.29, 1.82) is 0 Å². The van der Waals surface area contributed by atoms with Crippen LogP contribution in [0.3, 0.4) is 0 Å². The summed E-state index contributed by atoms with van der Waals surface area (Å²) < 4.78 is 98.7. The molecular formula is C25H18F7N3O3. The lowest BCUT2D eigenvalue weighted by molar-refractivity contribution is -0.115. The molecule has 38 heavy (non-hydrogen) atoms. The van der Waals surface area contributed by atoms with Crippen molar-refractivity contribution in [2.75, 3.05) is 11.9 Å². The third-order valence-corrected chi connectivity index (χ3v) is 5.36. The van der Waals surface area contributed by atoms with Crippen LogP contribution in [0.5, 0.6) is 11.5 Å². The van der Waals surface area contributed by atoms with Crippen LogP contribution >= 0.6 is 0 Å². The van der Waals surface area contributed by atoms with Crippen LogP contribution in [0.15, 0.2) is 65.6 Å². The number of hydrogen-bond acceptors (Lipinski definition) is 5. The summed E-state index contributed by atoms with van der Waals surface area (Å²) in [4.78, 5) is 17.9. The Bertz CT molecular complexity index is 1490. The standard InChI is InChI=1S/C25H18F7N3O3/c1-13-10-19(33-12-25(30,31)32)34-22-20(15-4-8-17(9-5-15)38-24(28)29)21(36)18(11-35(13)22)14-2-6-16(7-3-14)37-23(26)27/h2-11,23-24H,12H2,1H3,(H,33,34). The first-order valence-corrected chi connectivity index (χ1v) is 10.9. The number of pyridine rings is 1. The number of aryl methyl sites for hydroxylation is 1. The highest BCUT2D eigenvalue weighted by Crippen LogP contribution is 2.30. The average molecular weight is 541 g/mol. The zero-order chi connectivity index (χ0) is 27.6. The molecule has 0 radical (unpaired) electrons. The van der Waals surface area contributed by atoms with Crippen molar-refractivity contribution in [3.8, 4) is 33.8 Å². The van der Waals surface area contributed by atoms with Gasteiger partial charge in [-0.3, -0.25) is 4.79 Å². The van der Waals surface area contributed by atoms with E-state index in [1.807, 2.05) is 0 Å². The number of hydrogen-bond donors (Lipinski definition) is 1. The van der Waals surface area contributed by atoms with E-state index in [1.165, 1.54) is 65.2 Å². The van der Waals surface area contributed by atoms with Crippen molar-refractivity contribution >= 4 is 11.5 Å². The van der Waals surface area contributed by atoms with E-state index in [4.69, 9.17) is 0 Å². The first kappa shape index (κ1) is 26.8. The molecule has 0 atom stereocenters. The molecule has 0 fully saturated rings. The predicted octanol–water partition coefficient (Wildman–Crippen LogP) is 6.51. The molecule has 1 N–H and O–H groups in total. The van der Waals surface area contributed by atoms with Crippen molar-refractivity contribution in [3.05, 3.63) is 76.7 Å². The van der Waals surface area contributed by atoms with Gasteiger partial charge in [-0.15, -0.1) is 0 Å². The number of rotatable bonds is 8. The summed E-state index contributed by atoms with van der Waals surface area (Å²) in [7, 11) is 0. The Balaban J connectivity index is 1.90. The topological polar surface area (TPSA) is 64.9 Å². The maximum Gasteiger partial charge on any atom is 0.405 e. The maximum atomic E-state index is 13.7. The van der Waals surface area contributed by atoms with Crippen LogP contribution in [-0.2, 0) is 0 Å². The quantitative estimate of drug-likeness (QED) is 0.258. The fourth-order valence-corrected chi connectivity index (χ4v) is 3.76. The molecule has 0 spiro atoms. The second-order valence-corrected chi connectivity index (χ2v) is 8.00. The van der Waals surface area contributed by atoms with Crippen LogP contribution in [0, 0.1) is 6.92 Å². The van der Waals surface area contributed by atoms with Crippen LogP contribution in [0.25, 0.3) is 27.9 Å². The normalized spacial score (nSPS) is 11.8. The number of halogens is 7. The smallest absolute Gasteiger partial charge is 0.405 e. The molecule has 6 nitrogen and oxygen atoms in total. The number of alkyl halides is 7. The molecule has 2 aromatic carbocycles. The number of ether oxygens (including phenoxy) is 2. The minimum atomic E-state index is -4.52. The summed E-state index contributed by atoms with van der Waals surface area (Å²) >= 11 is 0. The Kier molecular flexibility index (Phi) is 7.46. The summed E-state index contributed by atoms with van der Waals surface area (Å²) in [5.74, 6) is -0.437. The summed E-state index contributed by atoms with van der Waals surface area (Å²) in [5, 5.41) is 2.18. The zero-order valence-electron chi connectivity index (χ0n) is 19.4. The molecule has 0 unspecified atom stereocenters. The van der Waals surface area contributed by atoms with E-state index in [9.17, 15) is 35.5 Å². The van der Waals surface area contributed by atoms with Gasteiger partial charge in [0, 0.05) is 23.5 Å². The van der Waals surface area contributed by atoms with Crippen LogP contribution in [0.4, 0.5) is 36.6 Å². The highest BCUT2D eigenvalue weighted by Gasteiger charge is 2.27. The van der Waals surface area contributed by atoms with Crippen molar-refractivity contribution in [1.82, 2.24) is 9.38 Å². The molecule has 0 aliphatic carbocycles. The molecule has 0 aliphatic rings. The minimum Gasteiger partial charge on any atom is -0.435 e. The van der Waals surface area contributed by atoms with Gasteiger partial charge < -0.3 is 19.2 Å². The molecule has 2 heterocycles. The molecule has 4 aromatic rings. The Morgan fingerprint density at radius 2 is 1.42 bits per heavy atom. The van der Waals surface area contributed by atoms with E-state index in [0.29, 0.717) is 11.3 Å². The van der Waals surface area contributed by atoms with E-state index in [-0.39, 0.29) is 39.7 Å². The average Bonchev–Trinajstić information content (AvgIpc) is 2.83. The van der Waals surface area contributed by atoms with E-state index in [1.54, 1.807) is 6.92 Å². The molecule has 13 heteroatoms. The molecule has 0 saturated heterocycles. The van der Waals surface area contributed by atoms with Gasteiger partial charge in [0.2, 0.25) is 0 Å². The molecule has 0 saturated carbocycles. The fraction of sp³-hybridized carbons (Fsp3) is 0.200. The van der Waals surface area contributed by atoms with Crippen LogP contribution < -0.4 is 20.2 Å². The summed E-state index contributed by atoms with van der Waals surface area (Å²) in [6.45, 7) is -5.88.